The van der Waals surface area contributed by atoms with Crippen LogP contribution in [0.25, 0.3) is 0 Å². The van der Waals surface area contributed by atoms with Gasteiger partial charge in [0.05, 0.1) is 11.1 Å². The van der Waals surface area contributed by atoms with Crippen LogP contribution in [-0.4, -0.2) is 16.0 Å². The van der Waals surface area contributed by atoms with Crippen LogP contribution in [0.15, 0.2) is 42.0 Å². The van der Waals surface area contributed by atoms with Crippen LogP contribution in [0.1, 0.15) is 16.9 Å². The quantitative estimate of drug-likeness (QED) is 0.844. The number of aromatic nitrogens is 1. The van der Waals surface area contributed by atoms with Crippen LogP contribution < -0.4 is 0 Å². The summed E-state index contributed by atoms with van der Waals surface area (Å²) in [4.78, 5) is 5.11. The molecule has 2 nitrogen and oxygen atoms in total. The molecule has 4 heteroatoms. The van der Waals surface area contributed by atoms with Crippen LogP contribution in [-0.2, 0) is 12.0 Å². The molecule has 0 amide bonds. The molecular weight excluding hydrogens is 254 g/mol. The molecule has 0 saturated carbocycles. The fourth-order valence-electron chi connectivity index (χ4n) is 1.86. The first-order valence-electron chi connectivity index (χ1n) is 5.46. The van der Waals surface area contributed by atoms with Crippen molar-refractivity contribution in [1.82, 2.24) is 4.98 Å². The van der Waals surface area contributed by atoms with Gasteiger partial charge in [0, 0.05) is 23.4 Å². The molecule has 0 aliphatic heterocycles. The van der Waals surface area contributed by atoms with Crippen LogP contribution in [0.5, 0.6) is 0 Å². The smallest absolute Gasteiger partial charge is 0.0956 e. The highest BCUT2D eigenvalue weighted by molar-refractivity contribution is 7.09. The van der Waals surface area contributed by atoms with E-state index in [0.717, 1.165) is 10.4 Å². The van der Waals surface area contributed by atoms with Gasteiger partial charge in [-0.25, -0.2) is 0 Å². The Morgan fingerprint density at radius 1 is 1.29 bits per heavy atom. The summed E-state index contributed by atoms with van der Waals surface area (Å²) < 4.78 is 0. The van der Waals surface area contributed by atoms with Gasteiger partial charge in [-0.05, 0) is 12.0 Å². The van der Waals surface area contributed by atoms with E-state index in [2.05, 4.69) is 4.98 Å². The maximum Gasteiger partial charge on any atom is 0.0956 e. The van der Waals surface area contributed by atoms with Gasteiger partial charge in [0.25, 0.3) is 0 Å². The van der Waals surface area contributed by atoms with Gasteiger partial charge < -0.3 is 5.11 Å². The number of benzene rings is 1. The first kappa shape index (κ1) is 12.6. The summed E-state index contributed by atoms with van der Waals surface area (Å²) in [7, 11) is 0. The van der Waals surface area contributed by atoms with Crippen LogP contribution >= 0.6 is 22.9 Å². The molecule has 0 radical (unpaired) electrons. The van der Waals surface area contributed by atoms with Crippen molar-refractivity contribution in [3.05, 3.63) is 52.5 Å². The third-order valence-electron chi connectivity index (χ3n) is 2.77. The molecule has 2 rings (SSSR count). The number of thiazole rings is 1. The van der Waals surface area contributed by atoms with E-state index in [-0.39, 0.29) is 0 Å². The Labute approximate surface area is 110 Å². The largest absolute Gasteiger partial charge is 0.385 e. The third-order valence-corrected chi connectivity index (χ3v) is 3.74. The van der Waals surface area contributed by atoms with Crippen LogP contribution in [0.2, 0.25) is 0 Å². The Kier molecular flexibility index (Phi) is 4.15. The van der Waals surface area contributed by atoms with Crippen molar-refractivity contribution >= 4 is 22.9 Å². The highest BCUT2D eigenvalue weighted by atomic mass is 35.5. The molecule has 1 heterocycles. The van der Waals surface area contributed by atoms with Crippen LogP contribution in [0.4, 0.5) is 0 Å². The predicted octanol–water partition coefficient (Wildman–Crippen LogP) is 3.20. The zero-order valence-electron chi connectivity index (χ0n) is 9.34. The van der Waals surface area contributed by atoms with Gasteiger partial charge in [-0.15, -0.1) is 22.9 Å². The molecule has 0 fully saturated rings. The van der Waals surface area contributed by atoms with Gasteiger partial charge in [0.2, 0.25) is 0 Å². The fraction of sp³-hybridized carbons (Fsp3) is 0.308. The molecule has 1 N–H and O–H groups in total. The monoisotopic (exact) mass is 267 g/mol. The van der Waals surface area contributed by atoms with Gasteiger partial charge in [-0.2, -0.15) is 0 Å². The summed E-state index contributed by atoms with van der Waals surface area (Å²) >= 11 is 7.36. The SMILES string of the molecule is OC(CCCl)(Cc1cncs1)c1ccccc1. The van der Waals surface area contributed by atoms with Crippen molar-refractivity contribution in [3.8, 4) is 0 Å². The van der Waals surface area contributed by atoms with Crippen molar-refractivity contribution in [3.63, 3.8) is 0 Å². The molecule has 0 aliphatic carbocycles. The lowest BCUT2D eigenvalue weighted by molar-refractivity contribution is 0.0344. The Hall–Kier alpha value is -0.900. The zero-order valence-corrected chi connectivity index (χ0v) is 10.9. The molecule has 1 atom stereocenters. The van der Waals surface area contributed by atoms with E-state index in [1.807, 2.05) is 30.3 Å². The van der Waals surface area contributed by atoms with Crippen molar-refractivity contribution in [2.75, 3.05) is 5.88 Å². The number of rotatable bonds is 5. The summed E-state index contributed by atoms with van der Waals surface area (Å²) in [5.74, 6) is 0.435. The fourth-order valence-corrected chi connectivity index (χ4v) is 2.87. The number of hydrogen-bond donors (Lipinski definition) is 1. The van der Waals surface area contributed by atoms with Crippen molar-refractivity contribution in [2.45, 2.75) is 18.4 Å². The maximum absolute atomic E-state index is 10.7. The van der Waals surface area contributed by atoms with Crippen molar-refractivity contribution in [1.29, 1.82) is 0 Å². The van der Waals surface area contributed by atoms with Gasteiger partial charge in [-0.3, -0.25) is 4.98 Å². The summed E-state index contributed by atoms with van der Waals surface area (Å²) in [6.45, 7) is 0. The molecule has 0 bridgehead atoms. The summed E-state index contributed by atoms with van der Waals surface area (Å²) in [5, 5.41) is 10.7. The lowest BCUT2D eigenvalue weighted by Crippen LogP contribution is -2.28. The van der Waals surface area contributed by atoms with Crippen LogP contribution in [0, 0.1) is 0 Å². The number of halogens is 1. The zero-order chi connectivity index (χ0) is 12.1. The molecule has 90 valence electrons. The van der Waals surface area contributed by atoms with E-state index in [1.54, 1.807) is 23.0 Å². The molecule has 17 heavy (non-hydrogen) atoms. The second kappa shape index (κ2) is 5.63. The van der Waals surface area contributed by atoms with E-state index in [4.69, 9.17) is 11.6 Å². The number of alkyl halides is 1. The molecule has 0 aliphatic rings. The van der Waals surface area contributed by atoms with Gasteiger partial charge in [0.15, 0.2) is 0 Å². The van der Waals surface area contributed by atoms with E-state index in [0.29, 0.717) is 18.7 Å². The molecule has 1 aromatic carbocycles. The minimum absolute atomic E-state index is 0.435. The average molecular weight is 268 g/mol. The number of aliphatic hydroxyl groups is 1. The lowest BCUT2D eigenvalue weighted by Gasteiger charge is -2.27. The van der Waals surface area contributed by atoms with Gasteiger partial charge in [-0.1, -0.05) is 30.3 Å². The minimum atomic E-state index is -0.893. The molecule has 2 aromatic rings. The Morgan fingerprint density at radius 3 is 2.65 bits per heavy atom. The first-order chi connectivity index (χ1) is 8.24. The highest BCUT2D eigenvalue weighted by Crippen LogP contribution is 2.30. The molecule has 1 unspecified atom stereocenters. The van der Waals surface area contributed by atoms with Gasteiger partial charge >= 0.3 is 0 Å². The average Bonchev–Trinajstić information content (AvgIpc) is 2.83. The molecule has 1 aromatic heterocycles. The molecular formula is C13H14ClNOS. The van der Waals surface area contributed by atoms with Crippen molar-refractivity contribution in [2.24, 2.45) is 0 Å². The van der Waals surface area contributed by atoms with E-state index < -0.39 is 5.60 Å². The third kappa shape index (κ3) is 3.06. The summed E-state index contributed by atoms with van der Waals surface area (Å²) in [5.41, 5.74) is 1.80. The Balaban J connectivity index is 2.26. The van der Waals surface area contributed by atoms with Gasteiger partial charge in [0.1, 0.15) is 0 Å². The van der Waals surface area contributed by atoms with Crippen LogP contribution in [0.3, 0.4) is 0 Å². The molecule has 0 saturated heterocycles. The normalized spacial score (nSPS) is 14.5. The summed E-state index contributed by atoms with van der Waals surface area (Å²) in [6.07, 6.45) is 2.90. The number of nitrogens with zero attached hydrogens (tertiary/aromatic N) is 1. The first-order valence-corrected chi connectivity index (χ1v) is 6.87. The molecule has 0 spiro atoms. The standard InChI is InChI=1S/C13H14ClNOS/c14-7-6-13(16,8-12-9-15-10-17-12)11-4-2-1-3-5-11/h1-5,9-10,16H,6-8H2. The highest BCUT2D eigenvalue weighted by Gasteiger charge is 2.29. The Morgan fingerprint density at radius 2 is 2.06 bits per heavy atom. The van der Waals surface area contributed by atoms with E-state index in [9.17, 15) is 5.11 Å². The predicted molar refractivity (Wildman–Crippen MR) is 71.5 cm³/mol. The second-order valence-electron chi connectivity index (χ2n) is 3.98. The maximum atomic E-state index is 10.7. The lowest BCUT2D eigenvalue weighted by atomic mass is 9.87. The Bertz CT molecular complexity index is 446. The van der Waals surface area contributed by atoms with E-state index in [1.165, 1.54) is 0 Å². The van der Waals surface area contributed by atoms with E-state index >= 15 is 0 Å². The minimum Gasteiger partial charge on any atom is -0.385 e. The van der Waals surface area contributed by atoms with Crippen molar-refractivity contribution < 1.29 is 5.11 Å². The number of hydrogen-bond acceptors (Lipinski definition) is 3. The topological polar surface area (TPSA) is 33.1 Å². The second-order valence-corrected chi connectivity index (χ2v) is 5.33. The summed E-state index contributed by atoms with van der Waals surface area (Å²) in [6, 6.07) is 9.68.